The van der Waals surface area contributed by atoms with E-state index in [2.05, 4.69) is 21.2 Å². The summed E-state index contributed by atoms with van der Waals surface area (Å²) in [5, 5.41) is 12.3. The molecule has 2 aliphatic heterocycles. The van der Waals surface area contributed by atoms with Crippen LogP contribution in [-0.2, 0) is 4.79 Å². The maximum absolute atomic E-state index is 11.6. The topological polar surface area (TPSA) is 74.3 Å². The third-order valence-corrected chi connectivity index (χ3v) is 6.51. The second-order valence-electron chi connectivity index (χ2n) is 8.53. The summed E-state index contributed by atoms with van der Waals surface area (Å²) in [5.74, 6) is 2.24. The highest BCUT2D eigenvalue weighted by molar-refractivity contribution is 5.80. The summed E-state index contributed by atoms with van der Waals surface area (Å²) in [4.78, 5) is 16.6. The van der Waals surface area contributed by atoms with E-state index in [1.807, 2.05) is 12.1 Å². The zero-order valence-electron chi connectivity index (χ0n) is 17.3. The standard InChI is InChI=1S/C22H33N3O4/c1-16(26)22(27)23-18-7-5-17(6-8-18)9-10-24-11-13-25(14-12-24)19-3-2-4-20-21(19)29-15-28-20/h2-4,16-18,26H,5-15H2,1H3,(H,23,27)/t16-,17?,18?/m1/s1. The minimum Gasteiger partial charge on any atom is -0.454 e. The van der Waals surface area contributed by atoms with Crippen LogP contribution < -0.4 is 19.7 Å². The second kappa shape index (κ2) is 9.22. The Balaban J connectivity index is 1.17. The molecule has 1 atom stereocenters. The largest absolute Gasteiger partial charge is 0.454 e. The van der Waals surface area contributed by atoms with Crippen LogP contribution in [0.2, 0.25) is 0 Å². The van der Waals surface area contributed by atoms with Gasteiger partial charge in [0.1, 0.15) is 6.10 Å². The molecule has 0 aromatic heterocycles. The minimum atomic E-state index is -0.914. The van der Waals surface area contributed by atoms with Crippen molar-refractivity contribution < 1.29 is 19.4 Å². The second-order valence-corrected chi connectivity index (χ2v) is 8.53. The van der Waals surface area contributed by atoms with E-state index in [1.54, 1.807) is 0 Å². The number of para-hydroxylation sites is 1. The van der Waals surface area contributed by atoms with Crippen molar-refractivity contribution in [2.24, 2.45) is 5.92 Å². The van der Waals surface area contributed by atoms with Crippen molar-refractivity contribution >= 4 is 11.6 Å². The van der Waals surface area contributed by atoms with Gasteiger partial charge < -0.3 is 24.8 Å². The number of fused-ring (bicyclic) bond motifs is 1. The highest BCUT2D eigenvalue weighted by Gasteiger charge is 2.26. The molecule has 0 unspecified atom stereocenters. The molecule has 7 nitrogen and oxygen atoms in total. The summed E-state index contributed by atoms with van der Waals surface area (Å²) in [5.41, 5.74) is 1.15. The number of anilines is 1. The number of carbonyl (C=O) groups is 1. The molecule has 1 aromatic rings. The predicted octanol–water partition coefficient (Wildman–Crippen LogP) is 1.98. The van der Waals surface area contributed by atoms with E-state index in [9.17, 15) is 9.90 Å². The Hall–Kier alpha value is -1.99. The Morgan fingerprint density at radius 2 is 1.93 bits per heavy atom. The Morgan fingerprint density at radius 1 is 1.17 bits per heavy atom. The first kappa shape index (κ1) is 20.3. The van der Waals surface area contributed by atoms with E-state index in [4.69, 9.17) is 9.47 Å². The molecule has 1 amide bonds. The number of aliphatic hydroxyl groups is 1. The minimum absolute atomic E-state index is 0.232. The molecule has 2 heterocycles. The molecule has 3 aliphatic rings. The molecule has 2 N–H and O–H groups in total. The maximum atomic E-state index is 11.6. The summed E-state index contributed by atoms with van der Waals surface area (Å²) < 4.78 is 11.2. The van der Waals surface area contributed by atoms with Crippen molar-refractivity contribution in [1.82, 2.24) is 10.2 Å². The van der Waals surface area contributed by atoms with Crippen molar-refractivity contribution in [1.29, 1.82) is 0 Å². The monoisotopic (exact) mass is 403 g/mol. The van der Waals surface area contributed by atoms with E-state index in [-0.39, 0.29) is 11.9 Å². The van der Waals surface area contributed by atoms with Crippen LogP contribution >= 0.6 is 0 Å². The van der Waals surface area contributed by atoms with Crippen LogP contribution in [-0.4, -0.2) is 67.6 Å². The molecule has 0 radical (unpaired) electrons. The van der Waals surface area contributed by atoms with Crippen LogP contribution in [0.15, 0.2) is 18.2 Å². The molecule has 2 fully saturated rings. The molecule has 0 bridgehead atoms. The zero-order valence-corrected chi connectivity index (χ0v) is 17.3. The van der Waals surface area contributed by atoms with Gasteiger partial charge >= 0.3 is 0 Å². The quantitative estimate of drug-likeness (QED) is 0.757. The number of hydrogen-bond acceptors (Lipinski definition) is 6. The molecule has 1 saturated heterocycles. The van der Waals surface area contributed by atoms with Crippen LogP contribution in [0.25, 0.3) is 0 Å². The van der Waals surface area contributed by atoms with Crippen LogP contribution in [0, 0.1) is 5.92 Å². The van der Waals surface area contributed by atoms with E-state index in [1.165, 1.54) is 13.3 Å². The SMILES string of the molecule is C[C@@H](O)C(=O)NC1CCC(CCN2CCN(c3cccc4c3OCO4)CC2)CC1. The van der Waals surface area contributed by atoms with E-state index < -0.39 is 6.10 Å². The summed E-state index contributed by atoms with van der Waals surface area (Å²) in [6, 6.07) is 6.36. The molecular weight excluding hydrogens is 370 g/mol. The van der Waals surface area contributed by atoms with Gasteiger partial charge in [0.05, 0.1) is 5.69 Å². The van der Waals surface area contributed by atoms with Gasteiger partial charge in [0, 0.05) is 32.2 Å². The van der Waals surface area contributed by atoms with Crippen LogP contribution in [0.4, 0.5) is 5.69 Å². The Kier molecular flexibility index (Phi) is 6.45. The molecule has 1 aliphatic carbocycles. The van der Waals surface area contributed by atoms with Crippen LogP contribution in [0.1, 0.15) is 39.0 Å². The van der Waals surface area contributed by atoms with Gasteiger partial charge in [-0.3, -0.25) is 9.69 Å². The fourth-order valence-electron chi connectivity index (χ4n) is 4.66. The smallest absolute Gasteiger partial charge is 0.248 e. The number of ether oxygens (including phenoxy) is 2. The number of rotatable bonds is 6. The van der Waals surface area contributed by atoms with Gasteiger partial charge in [0.2, 0.25) is 12.7 Å². The molecule has 160 valence electrons. The molecule has 1 aromatic carbocycles. The first-order valence-electron chi connectivity index (χ1n) is 10.9. The lowest BCUT2D eigenvalue weighted by Crippen LogP contribution is -2.47. The van der Waals surface area contributed by atoms with Gasteiger partial charge in [-0.25, -0.2) is 0 Å². The molecule has 1 saturated carbocycles. The van der Waals surface area contributed by atoms with Crippen LogP contribution in [0.3, 0.4) is 0 Å². The fraction of sp³-hybridized carbons (Fsp3) is 0.682. The summed E-state index contributed by atoms with van der Waals surface area (Å²) >= 11 is 0. The summed E-state index contributed by atoms with van der Waals surface area (Å²) in [6.07, 6.45) is 4.70. The highest BCUT2D eigenvalue weighted by atomic mass is 16.7. The van der Waals surface area contributed by atoms with E-state index in [0.29, 0.717) is 6.79 Å². The number of benzene rings is 1. The van der Waals surface area contributed by atoms with Crippen LogP contribution in [0.5, 0.6) is 11.5 Å². The first-order valence-corrected chi connectivity index (χ1v) is 10.9. The Bertz CT molecular complexity index is 695. The normalized spacial score (nSPS) is 25.7. The maximum Gasteiger partial charge on any atom is 0.248 e. The van der Waals surface area contributed by atoms with Gasteiger partial charge in [-0.1, -0.05) is 6.07 Å². The lowest BCUT2D eigenvalue weighted by Gasteiger charge is -2.37. The lowest BCUT2D eigenvalue weighted by molar-refractivity contribution is -0.129. The molecule has 4 rings (SSSR count). The van der Waals surface area contributed by atoms with Crippen molar-refractivity contribution in [2.45, 2.75) is 51.2 Å². The average Bonchev–Trinajstić information content (AvgIpc) is 3.22. The Labute approximate surface area is 173 Å². The number of amides is 1. The summed E-state index contributed by atoms with van der Waals surface area (Å²) in [7, 11) is 0. The van der Waals surface area contributed by atoms with Crippen molar-refractivity contribution in [3.63, 3.8) is 0 Å². The average molecular weight is 404 g/mol. The van der Waals surface area contributed by atoms with Crippen molar-refractivity contribution in [3.8, 4) is 11.5 Å². The molecule has 7 heteroatoms. The van der Waals surface area contributed by atoms with Gasteiger partial charge in [-0.2, -0.15) is 0 Å². The molecule has 29 heavy (non-hydrogen) atoms. The third kappa shape index (κ3) is 4.95. The van der Waals surface area contributed by atoms with E-state index in [0.717, 1.165) is 81.5 Å². The van der Waals surface area contributed by atoms with Crippen molar-refractivity contribution in [2.75, 3.05) is 44.4 Å². The molecular formula is C22H33N3O4. The lowest BCUT2D eigenvalue weighted by atomic mass is 9.84. The van der Waals surface area contributed by atoms with Crippen molar-refractivity contribution in [3.05, 3.63) is 18.2 Å². The van der Waals surface area contributed by atoms with E-state index >= 15 is 0 Å². The zero-order chi connectivity index (χ0) is 20.2. The molecule has 0 spiro atoms. The summed E-state index contributed by atoms with van der Waals surface area (Å²) in [6.45, 7) is 7.16. The number of aliphatic hydroxyl groups excluding tert-OH is 1. The van der Waals surface area contributed by atoms with Gasteiger partial charge in [-0.05, 0) is 63.6 Å². The number of piperazine rings is 1. The third-order valence-electron chi connectivity index (χ3n) is 6.51. The number of nitrogens with one attached hydrogen (secondary N) is 1. The Morgan fingerprint density at radius 3 is 2.66 bits per heavy atom. The number of carbonyl (C=O) groups excluding carboxylic acids is 1. The van der Waals surface area contributed by atoms with Gasteiger partial charge in [-0.15, -0.1) is 0 Å². The number of nitrogens with zero attached hydrogens (tertiary/aromatic N) is 2. The fourth-order valence-corrected chi connectivity index (χ4v) is 4.66. The number of hydrogen-bond donors (Lipinski definition) is 2. The first-order chi connectivity index (χ1) is 14.1. The van der Waals surface area contributed by atoms with Gasteiger partial charge in [0.15, 0.2) is 11.5 Å². The predicted molar refractivity (Wildman–Crippen MR) is 111 cm³/mol. The van der Waals surface area contributed by atoms with Gasteiger partial charge in [0.25, 0.3) is 0 Å². The highest BCUT2D eigenvalue weighted by Crippen LogP contribution is 2.41.